The molecule has 2 aromatic heterocycles. The zero-order valence-electron chi connectivity index (χ0n) is 12.6. The molecule has 0 bridgehead atoms. The number of pyridine rings is 1. The summed E-state index contributed by atoms with van der Waals surface area (Å²) in [7, 11) is 1.81. The average Bonchev–Trinajstić information content (AvgIpc) is 2.90. The Morgan fingerprint density at radius 3 is 2.65 bits per heavy atom. The minimum atomic E-state index is -0.00608. The highest BCUT2D eigenvalue weighted by Crippen LogP contribution is 2.23. The van der Waals surface area contributed by atoms with E-state index in [4.69, 9.17) is 0 Å². The normalized spacial score (nSPS) is 14.0. The van der Waals surface area contributed by atoms with E-state index >= 15 is 0 Å². The average molecular weight is 353 g/mol. The van der Waals surface area contributed by atoms with Gasteiger partial charge in [-0.1, -0.05) is 18.2 Å². The summed E-state index contributed by atoms with van der Waals surface area (Å²) >= 11 is 0. The molecule has 0 amide bonds. The van der Waals surface area contributed by atoms with E-state index in [0.717, 1.165) is 29.8 Å². The number of hydrogen-bond acceptors (Lipinski definition) is 3. The summed E-state index contributed by atoms with van der Waals surface area (Å²) in [6, 6.07) is 10.3. The number of hydrogen-bond donors (Lipinski definition) is 1. The molecule has 0 saturated carbocycles. The fourth-order valence-electron chi connectivity index (χ4n) is 2.87. The Kier molecular flexibility index (Phi) is 5.14. The second-order valence-corrected chi connectivity index (χ2v) is 5.45. The van der Waals surface area contributed by atoms with Gasteiger partial charge in [-0.2, -0.15) is 0 Å². The van der Waals surface area contributed by atoms with Gasteiger partial charge >= 0.3 is 0 Å². The maximum Gasteiger partial charge on any atom is 0.261 e. The first kappa shape index (κ1) is 17.5. The van der Waals surface area contributed by atoms with Gasteiger partial charge in [0.1, 0.15) is 5.82 Å². The van der Waals surface area contributed by atoms with Crippen molar-refractivity contribution in [2.24, 2.45) is 7.05 Å². The minimum absolute atomic E-state index is 0. The molecule has 1 aliphatic heterocycles. The van der Waals surface area contributed by atoms with E-state index in [0.29, 0.717) is 11.6 Å². The zero-order valence-corrected chi connectivity index (χ0v) is 14.2. The molecule has 0 spiro atoms. The van der Waals surface area contributed by atoms with Crippen LogP contribution in [-0.2, 0) is 7.05 Å². The number of fused-ring (bicyclic) bond motifs is 1. The lowest BCUT2D eigenvalue weighted by atomic mass is 10.1. The quantitative estimate of drug-likeness (QED) is 0.770. The first-order valence-corrected chi connectivity index (χ1v) is 7.08. The smallest absolute Gasteiger partial charge is 0.261 e. The van der Waals surface area contributed by atoms with Crippen molar-refractivity contribution in [3.8, 4) is 11.4 Å². The molecule has 3 heterocycles. The molecule has 7 heteroatoms. The Balaban J connectivity index is 0.000000960. The van der Waals surface area contributed by atoms with Gasteiger partial charge in [-0.3, -0.25) is 4.79 Å². The molecule has 1 aliphatic rings. The van der Waals surface area contributed by atoms with Crippen LogP contribution in [0.5, 0.6) is 0 Å². The number of nitrogens with one attached hydrogen (secondary N) is 1. The van der Waals surface area contributed by atoms with Crippen LogP contribution in [0, 0.1) is 0 Å². The predicted molar refractivity (Wildman–Crippen MR) is 96.8 cm³/mol. The van der Waals surface area contributed by atoms with Crippen LogP contribution in [0.3, 0.4) is 0 Å². The van der Waals surface area contributed by atoms with Crippen molar-refractivity contribution < 1.29 is 0 Å². The van der Waals surface area contributed by atoms with E-state index in [1.807, 2.05) is 43.6 Å². The number of halogens is 2. The lowest BCUT2D eigenvalue weighted by Crippen LogP contribution is -2.43. The molecule has 4 rings (SSSR count). The summed E-state index contributed by atoms with van der Waals surface area (Å²) in [5.74, 6) is 0.757. The van der Waals surface area contributed by atoms with Crippen LogP contribution in [-0.4, -0.2) is 27.2 Å². The van der Waals surface area contributed by atoms with E-state index < -0.39 is 0 Å². The molecular formula is C16H18Cl2N4O. The number of rotatable bonds is 2. The number of para-hydroxylation sites is 1. The Morgan fingerprint density at radius 2 is 1.96 bits per heavy atom. The predicted octanol–water partition coefficient (Wildman–Crippen LogP) is 2.39. The first-order chi connectivity index (χ1) is 10.3. The Morgan fingerprint density at radius 1 is 1.22 bits per heavy atom. The van der Waals surface area contributed by atoms with Crippen molar-refractivity contribution >= 4 is 35.7 Å². The molecule has 0 atom stereocenters. The highest BCUT2D eigenvalue weighted by Gasteiger charge is 2.23. The van der Waals surface area contributed by atoms with Gasteiger partial charge in [-0.15, -0.1) is 24.8 Å². The van der Waals surface area contributed by atoms with Crippen molar-refractivity contribution in [1.29, 1.82) is 0 Å². The van der Waals surface area contributed by atoms with Crippen molar-refractivity contribution in [3.63, 3.8) is 0 Å². The van der Waals surface area contributed by atoms with Crippen LogP contribution in [0.15, 0.2) is 47.5 Å². The Bertz CT molecular complexity index is 883. The number of benzene rings is 1. The van der Waals surface area contributed by atoms with E-state index in [9.17, 15) is 4.79 Å². The van der Waals surface area contributed by atoms with E-state index in [1.165, 1.54) is 0 Å². The molecule has 23 heavy (non-hydrogen) atoms. The minimum Gasteiger partial charge on any atom is -0.325 e. The van der Waals surface area contributed by atoms with Crippen LogP contribution in [0.2, 0.25) is 0 Å². The molecule has 0 aliphatic carbocycles. The Labute approximate surface area is 146 Å². The number of aryl methyl sites for hydroxylation is 1. The van der Waals surface area contributed by atoms with E-state index in [1.54, 1.807) is 10.8 Å². The van der Waals surface area contributed by atoms with Crippen molar-refractivity contribution in [2.75, 3.05) is 13.1 Å². The van der Waals surface area contributed by atoms with Crippen LogP contribution < -0.4 is 10.9 Å². The maximum absolute atomic E-state index is 12.7. The third kappa shape index (κ3) is 2.76. The highest BCUT2D eigenvalue weighted by molar-refractivity contribution is 5.85. The first-order valence-electron chi connectivity index (χ1n) is 7.08. The van der Waals surface area contributed by atoms with E-state index in [-0.39, 0.29) is 30.4 Å². The molecule has 1 fully saturated rings. The molecule has 0 unspecified atom stereocenters. The number of aromatic nitrogens is 3. The summed E-state index contributed by atoms with van der Waals surface area (Å²) in [5.41, 5.74) is 1.59. The molecular weight excluding hydrogens is 335 g/mol. The van der Waals surface area contributed by atoms with Crippen molar-refractivity contribution in [3.05, 3.63) is 53.1 Å². The monoisotopic (exact) mass is 352 g/mol. The van der Waals surface area contributed by atoms with Gasteiger partial charge in [0.2, 0.25) is 0 Å². The second kappa shape index (κ2) is 6.74. The van der Waals surface area contributed by atoms with Gasteiger partial charge in [0, 0.05) is 32.5 Å². The molecule has 1 aromatic carbocycles. The van der Waals surface area contributed by atoms with Gasteiger partial charge in [0.05, 0.1) is 17.1 Å². The lowest BCUT2D eigenvalue weighted by Gasteiger charge is -2.29. The van der Waals surface area contributed by atoms with Gasteiger partial charge < -0.3 is 14.5 Å². The summed E-state index contributed by atoms with van der Waals surface area (Å²) in [6.45, 7) is 1.86. The molecule has 1 N–H and O–H groups in total. The summed E-state index contributed by atoms with van der Waals surface area (Å²) in [4.78, 5) is 17.1. The van der Waals surface area contributed by atoms with Crippen LogP contribution >= 0.6 is 24.8 Å². The van der Waals surface area contributed by atoms with E-state index in [2.05, 4.69) is 14.9 Å². The molecule has 0 radical (unpaired) electrons. The standard InChI is InChI=1S/C16H16N4O.2ClH/c1-19-14-5-3-2-4-11(14)8-13(16(19)21)15-18-6-7-20(15)12-9-17-10-12;;/h2-8,12,17H,9-10H2,1H3;2*1H. The fourth-order valence-corrected chi connectivity index (χ4v) is 2.87. The third-order valence-electron chi connectivity index (χ3n) is 4.20. The maximum atomic E-state index is 12.7. The second-order valence-electron chi connectivity index (χ2n) is 5.45. The topological polar surface area (TPSA) is 51.9 Å². The molecule has 1 saturated heterocycles. The van der Waals surface area contributed by atoms with Gasteiger partial charge in [-0.25, -0.2) is 4.98 Å². The lowest BCUT2D eigenvalue weighted by molar-refractivity contribution is 0.346. The Hall–Kier alpha value is -1.82. The summed E-state index contributed by atoms with van der Waals surface area (Å²) in [5, 5.41) is 4.30. The zero-order chi connectivity index (χ0) is 14.4. The largest absolute Gasteiger partial charge is 0.325 e. The van der Waals surface area contributed by atoms with Crippen molar-refractivity contribution in [2.45, 2.75) is 6.04 Å². The van der Waals surface area contributed by atoms with Crippen LogP contribution in [0.25, 0.3) is 22.3 Å². The third-order valence-corrected chi connectivity index (χ3v) is 4.20. The van der Waals surface area contributed by atoms with Crippen LogP contribution in [0.4, 0.5) is 0 Å². The highest BCUT2D eigenvalue weighted by atomic mass is 35.5. The number of nitrogens with zero attached hydrogens (tertiary/aromatic N) is 3. The summed E-state index contributed by atoms with van der Waals surface area (Å²) in [6.07, 6.45) is 3.72. The van der Waals surface area contributed by atoms with Crippen molar-refractivity contribution in [1.82, 2.24) is 19.4 Å². The van der Waals surface area contributed by atoms with Crippen LogP contribution in [0.1, 0.15) is 6.04 Å². The van der Waals surface area contributed by atoms with Gasteiger partial charge in [0.15, 0.2) is 0 Å². The summed E-state index contributed by atoms with van der Waals surface area (Å²) < 4.78 is 3.80. The number of imidazole rings is 1. The molecule has 5 nitrogen and oxygen atoms in total. The van der Waals surface area contributed by atoms with Gasteiger partial charge in [-0.05, 0) is 17.5 Å². The molecule has 3 aromatic rings. The molecule has 122 valence electrons. The van der Waals surface area contributed by atoms with Gasteiger partial charge in [0.25, 0.3) is 5.56 Å². The fraction of sp³-hybridized carbons (Fsp3) is 0.250. The SMILES string of the molecule is Cl.Cl.Cn1c(=O)c(-c2nccn2C2CNC2)cc2ccccc21.